The quantitative estimate of drug-likeness (QED) is 0.867. The molecule has 1 aromatic heterocycles. The predicted octanol–water partition coefficient (Wildman–Crippen LogP) is 4.51. The standard InChI is InChI=1S/C18H31NO2/c1-13-6-7-16(10-14(13)2)21-12-17-15(8-9-20-17)11-19-18(3,4)5/h8-9,13-14,16,19H,6-7,10-12H2,1-5H3. The van der Waals surface area contributed by atoms with Gasteiger partial charge in [-0.15, -0.1) is 0 Å². The van der Waals surface area contributed by atoms with Crippen LogP contribution >= 0.6 is 0 Å². The van der Waals surface area contributed by atoms with E-state index in [1.54, 1.807) is 6.26 Å². The van der Waals surface area contributed by atoms with E-state index >= 15 is 0 Å². The van der Waals surface area contributed by atoms with Crippen LogP contribution in [-0.4, -0.2) is 11.6 Å². The second-order valence-electron chi connectivity index (χ2n) is 7.67. The first-order valence-electron chi connectivity index (χ1n) is 8.27. The van der Waals surface area contributed by atoms with E-state index in [2.05, 4.69) is 39.9 Å². The smallest absolute Gasteiger partial charge is 0.133 e. The van der Waals surface area contributed by atoms with E-state index in [1.165, 1.54) is 24.8 Å². The van der Waals surface area contributed by atoms with Crippen LogP contribution in [0, 0.1) is 11.8 Å². The zero-order valence-electron chi connectivity index (χ0n) is 14.2. The van der Waals surface area contributed by atoms with Gasteiger partial charge in [0.15, 0.2) is 0 Å². The summed E-state index contributed by atoms with van der Waals surface area (Å²) in [5.74, 6) is 2.57. The van der Waals surface area contributed by atoms with Gasteiger partial charge in [-0.25, -0.2) is 0 Å². The number of hydrogen-bond acceptors (Lipinski definition) is 3. The van der Waals surface area contributed by atoms with E-state index < -0.39 is 0 Å². The number of hydrogen-bond donors (Lipinski definition) is 1. The molecule has 0 aromatic carbocycles. The van der Waals surface area contributed by atoms with Crippen molar-refractivity contribution in [3.05, 3.63) is 23.7 Å². The molecule has 0 bridgehead atoms. The lowest BCUT2D eigenvalue weighted by Gasteiger charge is -2.31. The molecule has 1 aliphatic carbocycles. The maximum absolute atomic E-state index is 6.10. The van der Waals surface area contributed by atoms with Gasteiger partial charge < -0.3 is 14.5 Å². The third kappa shape index (κ3) is 5.15. The topological polar surface area (TPSA) is 34.4 Å². The molecule has 1 heterocycles. The Morgan fingerprint density at radius 3 is 2.67 bits per heavy atom. The second kappa shape index (κ2) is 6.97. The predicted molar refractivity (Wildman–Crippen MR) is 86.1 cm³/mol. The molecule has 120 valence electrons. The molecular weight excluding hydrogens is 262 g/mol. The summed E-state index contributed by atoms with van der Waals surface area (Å²) < 4.78 is 11.7. The fourth-order valence-corrected chi connectivity index (χ4v) is 2.85. The molecule has 3 nitrogen and oxygen atoms in total. The molecule has 3 heteroatoms. The van der Waals surface area contributed by atoms with E-state index in [4.69, 9.17) is 9.15 Å². The highest BCUT2D eigenvalue weighted by molar-refractivity contribution is 5.16. The fourth-order valence-electron chi connectivity index (χ4n) is 2.85. The molecule has 0 aliphatic heterocycles. The SMILES string of the molecule is CC1CCC(OCc2occc2CNC(C)(C)C)CC1C. The van der Waals surface area contributed by atoms with Gasteiger partial charge in [-0.2, -0.15) is 0 Å². The highest BCUT2D eigenvalue weighted by Gasteiger charge is 2.25. The monoisotopic (exact) mass is 293 g/mol. The molecule has 0 saturated heterocycles. The molecule has 3 atom stereocenters. The molecule has 1 aromatic rings. The number of furan rings is 1. The first kappa shape index (κ1) is 16.6. The molecule has 0 radical (unpaired) electrons. The van der Waals surface area contributed by atoms with Gasteiger partial charge in [0, 0.05) is 17.6 Å². The van der Waals surface area contributed by atoms with E-state index in [9.17, 15) is 0 Å². The third-order valence-corrected chi connectivity index (χ3v) is 4.65. The van der Waals surface area contributed by atoms with E-state index in [1.807, 2.05) is 6.07 Å². The largest absolute Gasteiger partial charge is 0.467 e. The second-order valence-corrected chi connectivity index (χ2v) is 7.67. The summed E-state index contributed by atoms with van der Waals surface area (Å²) in [5.41, 5.74) is 1.33. The van der Waals surface area contributed by atoms with Crippen molar-refractivity contribution in [2.24, 2.45) is 11.8 Å². The van der Waals surface area contributed by atoms with Gasteiger partial charge in [0.1, 0.15) is 12.4 Å². The van der Waals surface area contributed by atoms with Crippen molar-refractivity contribution >= 4 is 0 Å². The highest BCUT2D eigenvalue weighted by Crippen LogP contribution is 2.31. The van der Waals surface area contributed by atoms with Crippen LogP contribution in [-0.2, 0) is 17.9 Å². The van der Waals surface area contributed by atoms with Gasteiger partial charge in [0.25, 0.3) is 0 Å². The molecule has 0 spiro atoms. The van der Waals surface area contributed by atoms with Gasteiger partial charge in [0.2, 0.25) is 0 Å². The number of ether oxygens (including phenoxy) is 1. The van der Waals surface area contributed by atoms with Crippen LogP contribution in [0.1, 0.15) is 65.2 Å². The molecule has 3 unspecified atom stereocenters. The first-order chi connectivity index (χ1) is 9.85. The zero-order chi connectivity index (χ0) is 15.5. The lowest BCUT2D eigenvalue weighted by atomic mass is 9.80. The fraction of sp³-hybridized carbons (Fsp3) is 0.778. The van der Waals surface area contributed by atoms with Crippen LogP contribution < -0.4 is 5.32 Å². The van der Waals surface area contributed by atoms with E-state index in [-0.39, 0.29) is 5.54 Å². The Hall–Kier alpha value is -0.800. The van der Waals surface area contributed by atoms with Crippen LogP contribution in [0.5, 0.6) is 0 Å². The zero-order valence-corrected chi connectivity index (χ0v) is 14.2. The Morgan fingerprint density at radius 2 is 2.00 bits per heavy atom. The summed E-state index contributed by atoms with van der Waals surface area (Å²) >= 11 is 0. The van der Waals surface area contributed by atoms with Crippen LogP contribution in [0.15, 0.2) is 16.7 Å². The minimum absolute atomic E-state index is 0.115. The minimum Gasteiger partial charge on any atom is -0.467 e. The van der Waals surface area contributed by atoms with Gasteiger partial charge in [-0.05, 0) is 57.9 Å². The summed E-state index contributed by atoms with van der Waals surface area (Å²) in [6, 6.07) is 2.04. The average molecular weight is 293 g/mol. The van der Waals surface area contributed by atoms with Gasteiger partial charge in [-0.3, -0.25) is 0 Å². The minimum atomic E-state index is 0.115. The van der Waals surface area contributed by atoms with E-state index in [0.29, 0.717) is 12.7 Å². The van der Waals surface area contributed by atoms with Crippen molar-refractivity contribution in [2.45, 2.75) is 78.7 Å². The summed E-state index contributed by atoms with van der Waals surface area (Å²) in [4.78, 5) is 0. The van der Waals surface area contributed by atoms with E-state index in [0.717, 1.165) is 24.1 Å². The lowest BCUT2D eigenvalue weighted by Crippen LogP contribution is -2.35. The average Bonchev–Trinajstić information content (AvgIpc) is 2.84. The maximum atomic E-state index is 6.10. The van der Waals surface area contributed by atoms with Crippen molar-refractivity contribution in [1.82, 2.24) is 5.32 Å². The van der Waals surface area contributed by atoms with Crippen LogP contribution in [0.25, 0.3) is 0 Å². The van der Waals surface area contributed by atoms with Crippen LogP contribution in [0.3, 0.4) is 0 Å². The first-order valence-corrected chi connectivity index (χ1v) is 8.27. The summed E-state index contributed by atoms with van der Waals surface area (Å²) in [7, 11) is 0. The van der Waals surface area contributed by atoms with Crippen molar-refractivity contribution in [2.75, 3.05) is 0 Å². The molecule has 1 aliphatic rings. The highest BCUT2D eigenvalue weighted by atomic mass is 16.5. The Bertz CT molecular complexity index is 433. The summed E-state index contributed by atoms with van der Waals surface area (Å²) in [6.07, 6.45) is 5.80. The van der Waals surface area contributed by atoms with Crippen molar-refractivity contribution in [1.29, 1.82) is 0 Å². The lowest BCUT2D eigenvalue weighted by molar-refractivity contribution is -0.0143. The van der Waals surface area contributed by atoms with Gasteiger partial charge >= 0.3 is 0 Å². The number of rotatable bonds is 5. The Balaban J connectivity index is 1.82. The molecule has 2 rings (SSSR count). The Morgan fingerprint density at radius 1 is 1.24 bits per heavy atom. The maximum Gasteiger partial charge on any atom is 0.133 e. The molecule has 1 N–H and O–H groups in total. The van der Waals surface area contributed by atoms with Crippen LogP contribution in [0.4, 0.5) is 0 Å². The van der Waals surface area contributed by atoms with Gasteiger partial charge in [-0.1, -0.05) is 13.8 Å². The van der Waals surface area contributed by atoms with Crippen molar-refractivity contribution in [3.8, 4) is 0 Å². The molecule has 1 fully saturated rings. The van der Waals surface area contributed by atoms with Crippen molar-refractivity contribution < 1.29 is 9.15 Å². The Labute approximate surface area is 129 Å². The van der Waals surface area contributed by atoms with Crippen LogP contribution in [0.2, 0.25) is 0 Å². The molecule has 1 saturated carbocycles. The summed E-state index contributed by atoms with van der Waals surface area (Å²) in [5, 5.41) is 3.50. The number of nitrogens with one attached hydrogen (secondary N) is 1. The van der Waals surface area contributed by atoms with Gasteiger partial charge in [0.05, 0.1) is 12.4 Å². The molecule has 0 amide bonds. The van der Waals surface area contributed by atoms with Crippen molar-refractivity contribution in [3.63, 3.8) is 0 Å². The molecular formula is C18H31NO2. The normalized spacial score (nSPS) is 27.0. The third-order valence-electron chi connectivity index (χ3n) is 4.65. The summed E-state index contributed by atoms with van der Waals surface area (Å²) in [6.45, 7) is 12.6. The Kier molecular flexibility index (Phi) is 5.50. The molecule has 21 heavy (non-hydrogen) atoms.